The lowest BCUT2D eigenvalue weighted by Crippen LogP contribution is -1.87. The number of ether oxygens (including phenoxy) is 1. The quantitative estimate of drug-likeness (QED) is 0.361. The van der Waals surface area contributed by atoms with Crippen molar-refractivity contribution in [1.29, 1.82) is 0 Å². The molecule has 1 aliphatic rings. The summed E-state index contributed by atoms with van der Waals surface area (Å²) in [7, 11) is 1.75. The van der Waals surface area contributed by atoms with Crippen LogP contribution in [-0.2, 0) is 0 Å². The Labute approximate surface area is 128 Å². The van der Waals surface area contributed by atoms with Crippen molar-refractivity contribution in [3.05, 3.63) is 66.7 Å². The Bertz CT molecular complexity index is 1060. The van der Waals surface area contributed by atoms with Crippen molar-refractivity contribution < 1.29 is 4.74 Å². The molecule has 4 aromatic carbocycles. The van der Waals surface area contributed by atoms with E-state index >= 15 is 0 Å². The maximum absolute atomic E-state index is 5.65. The SMILES string of the molecule is COc1ccc2cc3ccccc3c3c2c1-c1ccccc1-3. The molecule has 0 saturated carbocycles. The molecule has 0 fully saturated rings. The fourth-order valence-electron chi connectivity index (χ4n) is 3.78. The van der Waals surface area contributed by atoms with Crippen molar-refractivity contribution in [3.8, 4) is 28.0 Å². The normalized spacial score (nSPS) is 11.9. The van der Waals surface area contributed by atoms with Gasteiger partial charge in [-0.2, -0.15) is 0 Å². The highest BCUT2D eigenvalue weighted by Crippen LogP contribution is 2.53. The molecule has 0 unspecified atom stereocenters. The summed E-state index contributed by atoms with van der Waals surface area (Å²) < 4.78 is 5.65. The number of hydrogen-bond donors (Lipinski definition) is 0. The zero-order valence-corrected chi connectivity index (χ0v) is 12.3. The lowest BCUT2D eigenvalue weighted by molar-refractivity contribution is 0.417. The summed E-state index contributed by atoms with van der Waals surface area (Å²) in [5.41, 5.74) is 5.16. The molecule has 22 heavy (non-hydrogen) atoms. The second-order valence-electron chi connectivity index (χ2n) is 5.76. The van der Waals surface area contributed by atoms with Crippen LogP contribution in [0.5, 0.6) is 5.75 Å². The summed E-state index contributed by atoms with van der Waals surface area (Å²) in [5.74, 6) is 0.953. The van der Waals surface area contributed by atoms with Gasteiger partial charge in [-0.1, -0.05) is 54.6 Å². The van der Waals surface area contributed by atoms with Crippen LogP contribution in [0.25, 0.3) is 43.8 Å². The van der Waals surface area contributed by atoms with E-state index < -0.39 is 0 Å². The van der Waals surface area contributed by atoms with Gasteiger partial charge in [-0.3, -0.25) is 0 Å². The molecular weight excluding hydrogens is 268 g/mol. The van der Waals surface area contributed by atoms with Crippen molar-refractivity contribution in [2.75, 3.05) is 7.11 Å². The topological polar surface area (TPSA) is 9.23 Å². The lowest BCUT2D eigenvalue weighted by atomic mass is 9.96. The van der Waals surface area contributed by atoms with E-state index in [0.29, 0.717) is 0 Å². The molecule has 0 amide bonds. The first-order valence-electron chi connectivity index (χ1n) is 7.51. The first-order valence-corrected chi connectivity index (χ1v) is 7.51. The first kappa shape index (κ1) is 11.8. The average molecular weight is 282 g/mol. The van der Waals surface area contributed by atoms with Gasteiger partial charge in [-0.25, -0.2) is 0 Å². The number of benzene rings is 4. The van der Waals surface area contributed by atoms with Gasteiger partial charge in [-0.15, -0.1) is 0 Å². The summed E-state index contributed by atoms with van der Waals surface area (Å²) in [4.78, 5) is 0. The highest BCUT2D eigenvalue weighted by atomic mass is 16.5. The second kappa shape index (κ2) is 4.11. The molecule has 5 rings (SSSR count). The van der Waals surface area contributed by atoms with Crippen LogP contribution in [0, 0.1) is 0 Å². The molecule has 0 aliphatic heterocycles. The smallest absolute Gasteiger partial charge is 0.127 e. The summed E-state index contributed by atoms with van der Waals surface area (Å²) in [6.45, 7) is 0. The molecule has 0 heterocycles. The maximum Gasteiger partial charge on any atom is 0.127 e. The largest absolute Gasteiger partial charge is 0.496 e. The van der Waals surface area contributed by atoms with Crippen LogP contribution in [0.15, 0.2) is 66.7 Å². The van der Waals surface area contributed by atoms with E-state index in [1.165, 1.54) is 43.8 Å². The summed E-state index contributed by atoms with van der Waals surface area (Å²) in [6, 6.07) is 23.8. The van der Waals surface area contributed by atoms with Crippen LogP contribution in [0.4, 0.5) is 0 Å². The molecule has 1 nitrogen and oxygen atoms in total. The van der Waals surface area contributed by atoms with E-state index in [1.807, 2.05) is 0 Å². The van der Waals surface area contributed by atoms with Crippen molar-refractivity contribution in [2.24, 2.45) is 0 Å². The van der Waals surface area contributed by atoms with Crippen molar-refractivity contribution in [1.82, 2.24) is 0 Å². The van der Waals surface area contributed by atoms with Gasteiger partial charge >= 0.3 is 0 Å². The summed E-state index contributed by atoms with van der Waals surface area (Å²) in [5, 5.41) is 5.20. The summed E-state index contributed by atoms with van der Waals surface area (Å²) >= 11 is 0. The molecule has 0 N–H and O–H groups in total. The van der Waals surface area contributed by atoms with Gasteiger partial charge in [0.15, 0.2) is 0 Å². The van der Waals surface area contributed by atoms with Crippen molar-refractivity contribution in [2.45, 2.75) is 0 Å². The van der Waals surface area contributed by atoms with E-state index in [-0.39, 0.29) is 0 Å². The molecule has 1 aliphatic carbocycles. The number of rotatable bonds is 1. The molecule has 0 atom stereocenters. The Kier molecular flexibility index (Phi) is 2.21. The fraction of sp³-hybridized carbons (Fsp3) is 0.0476. The molecule has 0 spiro atoms. The van der Waals surface area contributed by atoms with Gasteiger partial charge in [0, 0.05) is 10.9 Å². The van der Waals surface area contributed by atoms with Crippen molar-refractivity contribution >= 4 is 21.5 Å². The second-order valence-corrected chi connectivity index (χ2v) is 5.76. The molecule has 4 aromatic rings. The Balaban J connectivity index is 2.12. The predicted molar refractivity (Wildman–Crippen MR) is 92.4 cm³/mol. The average Bonchev–Trinajstić information content (AvgIpc) is 2.93. The van der Waals surface area contributed by atoms with Crippen LogP contribution in [0.2, 0.25) is 0 Å². The number of fused-ring (bicyclic) bond motifs is 5. The molecule has 1 heteroatoms. The minimum absolute atomic E-state index is 0.953. The molecule has 0 aromatic heterocycles. The highest BCUT2D eigenvalue weighted by Gasteiger charge is 2.25. The minimum atomic E-state index is 0.953. The van der Waals surface area contributed by atoms with Gasteiger partial charge in [0.1, 0.15) is 5.75 Å². The van der Waals surface area contributed by atoms with Crippen LogP contribution >= 0.6 is 0 Å². The third kappa shape index (κ3) is 1.33. The van der Waals surface area contributed by atoms with E-state index in [1.54, 1.807) is 7.11 Å². The molecule has 104 valence electrons. The Morgan fingerprint density at radius 2 is 1.41 bits per heavy atom. The van der Waals surface area contributed by atoms with E-state index in [9.17, 15) is 0 Å². The molecular formula is C21H14O. The van der Waals surface area contributed by atoms with Crippen LogP contribution in [0.1, 0.15) is 0 Å². The third-order valence-electron chi connectivity index (χ3n) is 4.68. The maximum atomic E-state index is 5.65. The molecule has 0 bridgehead atoms. The monoisotopic (exact) mass is 282 g/mol. The van der Waals surface area contributed by atoms with Gasteiger partial charge in [0.2, 0.25) is 0 Å². The fourth-order valence-corrected chi connectivity index (χ4v) is 3.78. The van der Waals surface area contributed by atoms with Gasteiger partial charge in [-0.05, 0) is 45.0 Å². The van der Waals surface area contributed by atoms with E-state index in [4.69, 9.17) is 4.74 Å². The van der Waals surface area contributed by atoms with Gasteiger partial charge < -0.3 is 4.74 Å². The zero-order valence-electron chi connectivity index (χ0n) is 12.3. The van der Waals surface area contributed by atoms with Crippen LogP contribution < -0.4 is 4.74 Å². The minimum Gasteiger partial charge on any atom is -0.496 e. The highest BCUT2D eigenvalue weighted by molar-refractivity contribution is 6.24. The van der Waals surface area contributed by atoms with E-state index in [2.05, 4.69) is 66.7 Å². The first-order chi connectivity index (χ1) is 10.9. The van der Waals surface area contributed by atoms with Gasteiger partial charge in [0.25, 0.3) is 0 Å². The Morgan fingerprint density at radius 1 is 0.682 bits per heavy atom. The third-order valence-corrected chi connectivity index (χ3v) is 4.68. The van der Waals surface area contributed by atoms with Crippen LogP contribution in [0.3, 0.4) is 0 Å². The molecule has 0 saturated heterocycles. The summed E-state index contributed by atoms with van der Waals surface area (Å²) in [6.07, 6.45) is 0. The van der Waals surface area contributed by atoms with Crippen molar-refractivity contribution in [3.63, 3.8) is 0 Å². The zero-order chi connectivity index (χ0) is 14.7. The standard InChI is InChI=1S/C21H14O/c1-22-18-11-10-14-12-13-6-2-3-7-15(13)20-16-8-4-5-9-17(16)21(18)19(14)20/h2-12H,1H3. The van der Waals surface area contributed by atoms with E-state index in [0.717, 1.165) is 5.75 Å². The number of hydrogen-bond acceptors (Lipinski definition) is 1. The molecule has 0 radical (unpaired) electrons. The number of methoxy groups -OCH3 is 1. The Hall–Kier alpha value is -2.80. The lowest BCUT2D eigenvalue weighted by Gasteiger charge is -2.10. The van der Waals surface area contributed by atoms with Crippen LogP contribution in [-0.4, -0.2) is 7.11 Å². The Morgan fingerprint density at radius 3 is 2.23 bits per heavy atom. The predicted octanol–water partition coefficient (Wildman–Crippen LogP) is 5.65. The van der Waals surface area contributed by atoms with Gasteiger partial charge in [0.05, 0.1) is 7.11 Å².